The van der Waals surface area contributed by atoms with Gasteiger partial charge in [0, 0.05) is 0 Å². The molecule has 1 aromatic heterocycles. The van der Waals surface area contributed by atoms with E-state index in [0.717, 1.165) is 28.9 Å². The number of aromatic nitrogens is 2. The summed E-state index contributed by atoms with van der Waals surface area (Å²) in [6.45, 7) is 4.16. The molecule has 3 aromatic rings. The van der Waals surface area contributed by atoms with Gasteiger partial charge in [0.2, 0.25) is 0 Å². The SMILES string of the molecule is CC1=Cc2c(cnn2-c2ccc(F)cc2)CC1(C)CC(O)c1cccc(F)c1. The monoisotopic (exact) mass is 380 g/mol. The van der Waals surface area contributed by atoms with Crippen molar-refractivity contribution in [1.29, 1.82) is 0 Å². The molecule has 2 aromatic carbocycles. The molecule has 144 valence electrons. The van der Waals surface area contributed by atoms with E-state index in [0.29, 0.717) is 12.0 Å². The number of fused-ring (bicyclic) bond motifs is 1. The van der Waals surface area contributed by atoms with E-state index in [9.17, 15) is 13.9 Å². The van der Waals surface area contributed by atoms with Crippen LogP contribution in [-0.2, 0) is 6.42 Å². The van der Waals surface area contributed by atoms with Crippen LogP contribution in [0.15, 0.2) is 60.3 Å². The number of rotatable bonds is 4. The predicted octanol–water partition coefficient (Wildman–Crippen LogP) is 5.24. The number of hydrogen-bond donors (Lipinski definition) is 1. The Hall–Kier alpha value is -2.79. The molecule has 0 aliphatic heterocycles. The molecule has 28 heavy (non-hydrogen) atoms. The van der Waals surface area contributed by atoms with Crippen molar-refractivity contribution >= 4 is 6.08 Å². The topological polar surface area (TPSA) is 38.0 Å². The van der Waals surface area contributed by atoms with Gasteiger partial charge < -0.3 is 5.11 Å². The first kappa shape index (κ1) is 18.6. The maximum absolute atomic E-state index is 13.5. The highest BCUT2D eigenvalue weighted by Gasteiger charge is 2.35. The third-order valence-corrected chi connectivity index (χ3v) is 5.72. The van der Waals surface area contributed by atoms with Gasteiger partial charge in [-0.05, 0) is 78.8 Å². The average Bonchev–Trinajstić information content (AvgIpc) is 3.05. The van der Waals surface area contributed by atoms with Crippen LogP contribution < -0.4 is 0 Å². The van der Waals surface area contributed by atoms with E-state index < -0.39 is 6.10 Å². The van der Waals surface area contributed by atoms with Gasteiger partial charge in [0.1, 0.15) is 11.6 Å². The minimum atomic E-state index is -0.752. The highest BCUT2D eigenvalue weighted by Crippen LogP contribution is 2.44. The minimum absolute atomic E-state index is 0.268. The lowest BCUT2D eigenvalue weighted by Gasteiger charge is -2.36. The first-order valence-electron chi connectivity index (χ1n) is 9.31. The van der Waals surface area contributed by atoms with Gasteiger partial charge in [0.15, 0.2) is 0 Å². The molecule has 0 radical (unpaired) electrons. The van der Waals surface area contributed by atoms with E-state index in [4.69, 9.17) is 0 Å². The summed E-state index contributed by atoms with van der Waals surface area (Å²) in [6, 6.07) is 12.4. The number of benzene rings is 2. The molecule has 0 saturated heterocycles. The van der Waals surface area contributed by atoms with Gasteiger partial charge in [0.25, 0.3) is 0 Å². The van der Waals surface area contributed by atoms with Gasteiger partial charge in [-0.3, -0.25) is 0 Å². The molecule has 4 rings (SSSR count). The van der Waals surface area contributed by atoms with E-state index in [1.165, 1.54) is 24.3 Å². The maximum atomic E-state index is 13.5. The van der Waals surface area contributed by atoms with Gasteiger partial charge in [-0.1, -0.05) is 24.6 Å². The van der Waals surface area contributed by atoms with E-state index in [-0.39, 0.29) is 17.0 Å². The normalized spacial score (nSPS) is 19.8. The van der Waals surface area contributed by atoms with Crippen LogP contribution in [0.2, 0.25) is 0 Å². The first-order valence-corrected chi connectivity index (χ1v) is 9.31. The van der Waals surface area contributed by atoms with Crippen LogP contribution in [0.3, 0.4) is 0 Å². The van der Waals surface area contributed by atoms with Crippen molar-refractivity contribution in [1.82, 2.24) is 9.78 Å². The van der Waals surface area contributed by atoms with Gasteiger partial charge >= 0.3 is 0 Å². The average molecular weight is 380 g/mol. The number of hydrogen-bond acceptors (Lipinski definition) is 2. The standard InChI is InChI=1S/C23H22F2N2O/c1-15-10-21-17(14-26-27(21)20-8-6-18(24)7-9-20)12-23(15,2)13-22(28)16-4-3-5-19(25)11-16/h3-11,14,22,28H,12-13H2,1-2H3. The molecule has 1 aliphatic rings. The molecule has 5 heteroatoms. The van der Waals surface area contributed by atoms with Gasteiger partial charge in [-0.2, -0.15) is 5.10 Å². The zero-order valence-corrected chi connectivity index (χ0v) is 15.9. The van der Waals surface area contributed by atoms with Crippen molar-refractivity contribution < 1.29 is 13.9 Å². The van der Waals surface area contributed by atoms with E-state index >= 15 is 0 Å². The number of aliphatic hydroxyl groups is 1. The Morgan fingerprint density at radius 2 is 1.89 bits per heavy atom. The van der Waals surface area contributed by atoms with Crippen LogP contribution in [0.4, 0.5) is 8.78 Å². The second-order valence-corrected chi connectivity index (χ2v) is 7.78. The number of allylic oxidation sites excluding steroid dienone is 1. The third-order valence-electron chi connectivity index (χ3n) is 5.72. The first-order chi connectivity index (χ1) is 13.4. The number of nitrogens with zero attached hydrogens (tertiary/aromatic N) is 2. The summed E-state index contributed by atoms with van der Waals surface area (Å²) in [4.78, 5) is 0. The lowest BCUT2D eigenvalue weighted by Crippen LogP contribution is -2.27. The maximum Gasteiger partial charge on any atom is 0.123 e. The highest BCUT2D eigenvalue weighted by molar-refractivity contribution is 5.60. The Labute approximate surface area is 163 Å². The summed E-state index contributed by atoms with van der Waals surface area (Å²) in [6.07, 6.45) is 4.36. The predicted molar refractivity (Wildman–Crippen MR) is 105 cm³/mol. The van der Waals surface area contributed by atoms with Crippen LogP contribution in [-0.4, -0.2) is 14.9 Å². The van der Waals surface area contributed by atoms with Gasteiger partial charge in [-0.25, -0.2) is 13.5 Å². The van der Waals surface area contributed by atoms with Crippen molar-refractivity contribution in [3.8, 4) is 5.69 Å². The lowest BCUT2D eigenvalue weighted by molar-refractivity contribution is 0.121. The van der Waals surface area contributed by atoms with E-state index in [1.807, 2.05) is 13.1 Å². The van der Waals surface area contributed by atoms with Crippen molar-refractivity contribution in [3.05, 3.63) is 88.8 Å². The van der Waals surface area contributed by atoms with Crippen LogP contribution in [0.1, 0.15) is 43.2 Å². The third kappa shape index (κ3) is 3.38. The Morgan fingerprint density at radius 1 is 1.14 bits per heavy atom. The zero-order valence-electron chi connectivity index (χ0n) is 15.9. The molecule has 0 spiro atoms. The molecule has 0 bridgehead atoms. The largest absolute Gasteiger partial charge is 0.388 e. The summed E-state index contributed by atoms with van der Waals surface area (Å²) in [5.41, 5.74) is 4.29. The summed E-state index contributed by atoms with van der Waals surface area (Å²) >= 11 is 0. The zero-order chi connectivity index (χ0) is 19.9. The molecule has 1 aliphatic carbocycles. The highest BCUT2D eigenvalue weighted by atomic mass is 19.1. The van der Waals surface area contributed by atoms with Crippen LogP contribution in [0, 0.1) is 17.0 Å². The summed E-state index contributed by atoms with van der Waals surface area (Å²) in [5, 5.41) is 15.2. The van der Waals surface area contributed by atoms with Crippen LogP contribution in [0.5, 0.6) is 0 Å². The quantitative estimate of drug-likeness (QED) is 0.672. The van der Waals surface area contributed by atoms with Crippen molar-refractivity contribution in [2.75, 3.05) is 0 Å². The minimum Gasteiger partial charge on any atom is -0.388 e. The van der Waals surface area contributed by atoms with Crippen LogP contribution in [0.25, 0.3) is 11.8 Å². The molecular formula is C23H22F2N2O. The van der Waals surface area contributed by atoms with Gasteiger partial charge in [-0.15, -0.1) is 0 Å². The summed E-state index contributed by atoms with van der Waals surface area (Å²) in [5.74, 6) is -0.629. The molecule has 1 N–H and O–H groups in total. The Morgan fingerprint density at radius 3 is 2.61 bits per heavy atom. The molecule has 3 nitrogen and oxygen atoms in total. The van der Waals surface area contributed by atoms with E-state index in [1.54, 1.807) is 28.9 Å². The molecule has 1 heterocycles. The molecule has 0 saturated carbocycles. The fourth-order valence-electron chi connectivity index (χ4n) is 3.90. The van der Waals surface area contributed by atoms with Crippen molar-refractivity contribution in [3.63, 3.8) is 0 Å². The Bertz CT molecular complexity index is 1040. The molecule has 2 unspecified atom stereocenters. The van der Waals surface area contributed by atoms with Crippen molar-refractivity contribution in [2.24, 2.45) is 5.41 Å². The second-order valence-electron chi connectivity index (χ2n) is 7.78. The molecular weight excluding hydrogens is 358 g/mol. The summed E-state index contributed by atoms with van der Waals surface area (Å²) in [7, 11) is 0. The molecule has 2 atom stereocenters. The summed E-state index contributed by atoms with van der Waals surface area (Å²) < 4.78 is 28.5. The number of aliphatic hydroxyl groups excluding tert-OH is 1. The van der Waals surface area contributed by atoms with Gasteiger partial charge in [0.05, 0.1) is 23.7 Å². The lowest BCUT2D eigenvalue weighted by atomic mass is 9.70. The second kappa shape index (κ2) is 6.99. The Kier molecular flexibility index (Phi) is 4.63. The molecule has 0 amide bonds. The fraction of sp³-hybridized carbons (Fsp3) is 0.261. The van der Waals surface area contributed by atoms with Crippen molar-refractivity contribution in [2.45, 2.75) is 32.8 Å². The van der Waals surface area contributed by atoms with Crippen LogP contribution >= 0.6 is 0 Å². The molecule has 0 fully saturated rings. The fourth-order valence-corrected chi connectivity index (χ4v) is 3.90. The Balaban J connectivity index is 1.62. The smallest absolute Gasteiger partial charge is 0.123 e. The number of halogens is 2. The van der Waals surface area contributed by atoms with E-state index in [2.05, 4.69) is 18.1 Å².